The highest BCUT2D eigenvalue weighted by Gasteiger charge is 2.23. The normalized spacial score (nSPS) is 11.8. The monoisotopic (exact) mass is 633 g/mol. The van der Waals surface area contributed by atoms with Crippen LogP contribution in [0.4, 0.5) is 17.1 Å². The maximum Gasteiger partial charge on any atom is 0.0555 e. The molecule has 220 valence electrons. The number of rotatable bonds is 4. The van der Waals surface area contributed by atoms with E-state index in [1.165, 1.54) is 84.4 Å². The molecule has 3 heteroatoms. The fourth-order valence-corrected chi connectivity index (χ4v) is 9.72. The average Bonchev–Trinajstić information content (AvgIpc) is 3.72. The molecule has 10 aromatic rings. The van der Waals surface area contributed by atoms with Gasteiger partial charge < -0.3 is 4.90 Å². The molecule has 0 fully saturated rings. The Labute approximate surface area is 280 Å². The van der Waals surface area contributed by atoms with E-state index in [4.69, 9.17) is 0 Å². The molecule has 0 aliphatic carbocycles. The highest BCUT2D eigenvalue weighted by atomic mass is 32.1. The molecule has 2 aromatic heterocycles. The molecule has 0 radical (unpaired) electrons. The predicted octanol–water partition coefficient (Wildman–Crippen LogP) is 13.9. The van der Waals surface area contributed by atoms with Gasteiger partial charge in [0, 0.05) is 46.0 Å². The van der Waals surface area contributed by atoms with Crippen LogP contribution in [0.25, 0.3) is 73.0 Å². The van der Waals surface area contributed by atoms with Gasteiger partial charge in [-0.3, -0.25) is 0 Å². The molecule has 1 nitrogen and oxygen atoms in total. The van der Waals surface area contributed by atoms with Crippen molar-refractivity contribution in [1.82, 2.24) is 0 Å². The van der Waals surface area contributed by atoms with Crippen molar-refractivity contribution in [2.75, 3.05) is 4.90 Å². The molecule has 0 amide bonds. The SMILES string of the molecule is c1ccc(-c2ccc(N(c3ccc4c(ccc5ccccc54)c3)c3cccc4sc5ccccc5c34)c3c2sc2ccccc23)cc1. The van der Waals surface area contributed by atoms with Crippen LogP contribution in [0.15, 0.2) is 164 Å². The summed E-state index contributed by atoms with van der Waals surface area (Å²) in [5, 5.41) is 10.2. The highest BCUT2D eigenvalue weighted by molar-refractivity contribution is 7.26. The summed E-state index contributed by atoms with van der Waals surface area (Å²) >= 11 is 3.76. The average molecular weight is 634 g/mol. The van der Waals surface area contributed by atoms with Gasteiger partial charge in [0.2, 0.25) is 0 Å². The first-order valence-corrected chi connectivity index (χ1v) is 17.6. The predicted molar refractivity (Wildman–Crippen MR) is 207 cm³/mol. The van der Waals surface area contributed by atoms with Crippen LogP contribution in [-0.4, -0.2) is 0 Å². The van der Waals surface area contributed by atoms with Crippen molar-refractivity contribution < 1.29 is 0 Å². The number of hydrogen-bond donors (Lipinski definition) is 0. The first-order valence-electron chi connectivity index (χ1n) is 15.9. The van der Waals surface area contributed by atoms with E-state index in [2.05, 4.69) is 169 Å². The van der Waals surface area contributed by atoms with Crippen LogP contribution < -0.4 is 4.90 Å². The van der Waals surface area contributed by atoms with Gasteiger partial charge in [-0.1, -0.05) is 121 Å². The van der Waals surface area contributed by atoms with E-state index < -0.39 is 0 Å². The Bertz CT molecular complexity index is 2810. The fraction of sp³-hybridized carbons (Fsp3) is 0. The van der Waals surface area contributed by atoms with Crippen molar-refractivity contribution >= 4 is 102 Å². The van der Waals surface area contributed by atoms with Gasteiger partial charge in [0.25, 0.3) is 0 Å². The molecule has 47 heavy (non-hydrogen) atoms. The second kappa shape index (κ2) is 10.5. The van der Waals surface area contributed by atoms with Crippen molar-refractivity contribution in [2.24, 2.45) is 0 Å². The second-order valence-electron chi connectivity index (χ2n) is 12.1. The quantitative estimate of drug-likeness (QED) is 0.174. The lowest BCUT2D eigenvalue weighted by Gasteiger charge is -2.28. The van der Waals surface area contributed by atoms with Gasteiger partial charge in [-0.2, -0.15) is 0 Å². The van der Waals surface area contributed by atoms with Crippen LogP contribution in [-0.2, 0) is 0 Å². The first-order chi connectivity index (χ1) is 23.3. The molecule has 0 bridgehead atoms. The van der Waals surface area contributed by atoms with Gasteiger partial charge in [-0.15, -0.1) is 22.7 Å². The number of hydrogen-bond acceptors (Lipinski definition) is 3. The number of thiophene rings is 2. The Balaban J connectivity index is 1.33. The Morgan fingerprint density at radius 2 is 1.02 bits per heavy atom. The molecule has 0 spiro atoms. The third-order valence-electron chi connectivity index (χ3n) is 9.44. The van der Waals surface area contributed by atoms with Crippen LogP contribution in [0.5, 0.6) is 0 Å². The molecule has 10 rings (SSSR count). The lowest BCUT2D eigenvalue weighted by Crippen LogP contribution is -2.11. The number of anilines is 3. The Morgan fingerprint density at radius 3 is 1.87 bits per heavy atom. The zero-order chi connectivity index (χ0) is 30.9. The minimum Gasteiger partial charge on any atom is -0.309 e. The van der Waals surface area contributed by atoms with Gasteiger partial charge in [0.15, 0.2) is 0 Å². The smallest absolute Gasteiger partial charge is 0.0555 e. The van der Waals surface area contributed by atoms with Crippen molar-refractivity contribution in [3.63, 3.8) is 0 Å². The zero-order valence-electron chi connectivity index (χ0n) is 25.4. The topological polar surface area (TPSA) is 3.24 Å². The van der Waals surface area contributed by atoms with Crippen LogP contribution >= 0.6 is 22.7 Å². The van der Waals surface area contributed by atoms with Crippen molar-refractivity contribution in [1.29, 1.82) is 0 Å². The van der Waals surface area contributed by atoms with E-state index >= 15 is 0 Å². The summed E-state index contributed by atoms with van der Waals surface area (Å²) in [5.41, 5.74) is 6.06. The summed E-state index contributed by atoms with van der Waals surface area (Å²) in [6.07, 6.45) is 0. The van der Waals surface area contributed by atoms with E-state index in [-0.39, 0.29) is 0 Å². The maximum atomic E-state index is 2.52. The van der Waals surface area contributed by atoms with Gasteiger partial charge >= 0.3 is 0 Å². The largest absolute Gasteiger partial charge is 0.309 e. The van der Waals surface area contributed by atoms with E-state index in [1.54, 1.807) is 0 Å². The Hall–Kier alpha value is -5.48. The van der Waals surface area contributed by atoms with Crippen LogP contribution in [0.2, 0.25) is 0 Å². The minimum atomic E-state index is 1.15. The fourth-order valence-electron chi connectivity index (χ4n) is 7.33. The minimum absolute atomic E-state index is 1.15. The van der Waals surface area contributed by atoms with Gasteiger partial charge in [-0.25, -0.2) is 0 Å². The summed E-state index contributed by atoms with van der Waals surface area (Å²) < 4.78 is 5.23. The summed E-state index contributed by atoms with van der Waals surface area (Å²) in [5.74, 6) is 0. The molecule has 2 heterocycles. The Morgan fingerprint density at radius 1 is 0.383 bits per heavy atom. The summed E-state index contributed by atoms with van der Waals surface area (Å²) in [7, 11) is 0. The molecule has 0 N–H and O–H groups in total. The molecule has 8 aromatic carbocycles. The summed E-state index contributed by atoms with van der Waals surface area (Å²) in [6, 6.07) is 60.2. The molecular formula is C44H27NS2. The molecular weight excluding hydrogens is 607 g/mol. The van der Waals surface area contributed by atoms with E-state index in [0.717, 1.165) is 5.69 Å². The van der Waals surface area contributed by atoms with Gasteiger partial charge in [0.05, 0.1) is 11.4 Å². The summed E-state index contributed by atoms with van der Waals surface area (Å²) in [4.78, 5) is 2.52. The third-order valence-corrected chi connectivity index (χ3v) is 11.8. The van der Waals surface area contributed by atoms with E-state index in [0.29, 0.717) is 0 Å². The summed E-state index contributed by atoms with van der Waals surface area (Å²) in [6.45, 7) is 0. The van der Waals surface area contributed by atoms with Crippen LogP contribution in [0.1, 0.15) is 0 Å². The highest BCUT2D eigenvalue weighted by Crippen LogP contribution is 2.51. The van der Waals surface area contributed by atoms with Crippen molar-refractivity contribution in [3.05, 3.63) is 164 Å². The number of nitrogens with zero attached hydrogens (tertiary/aromatic N) is 1. The van der Waals surface area contributed by atoms with Crippen LogP contribution in [0.3, 0.4) is 0 Å². The molecule has 0 aliphatic rings. The second-order valence-corrected chi connectivity index (χ2v) is 14.2. The standard InChI is InChI=1S/C44H27NS2/c1-2-11-28(12-3-1)34-25-26-38(43-36-16-7-9-19-40(36)47-44(34)43)45(37-17-10-20-41-42(37)35-15-6-8-18-39(35)46-41)31-23-24-33-30(27-31)22-21-29-13-4-5-14-32(29)33/h1-27H. The van der Waals surface area contributed by atoms with Crippen molar-refractivity contribution in [3.8, 4) is 11.1 Å². The van der Waals surface area contributed by atoms with Crippen LogP contribution in [0, 0.1) is 0 Å². The van der Waals surface area contributed by atoms with E-state index in [9.17, 15) is 0 Å². The molecule has 0 saturated carbocycles. The molecule has 0 unspecified atom stereocenters. The zero-order valence-corrected chi connectivity index (χ0v) is 27.0. The lowest BCUT2D eigenvalue weighted by atomic mass is 9.98. The van der Waals surface area contributed by atoms with Gasteiger partial charge in [-0.05, 0) is 75.1 Å². The molecule has 0 aliphatic heterocycles. The van der Waals surface area contributed by atoms with Crippen molar-refractivity contribution in [2.45, 2.75) is 0 Å². The maximum absolute atomic E-state index is 2.52. The Kier molecular flexibility index (Phi) is 5.98. The van der Waals surface area contributed by atoms with Gasteiger partial charge in [0.1, 0.15) is 0 Å². The third kappa shape index (κ3) is 4.14. The first kappa shape index (κ1) is 26.7. The van der Waals surface area contributed by atoms with E-state index in [1.807, 2.05) is 22.7 Å². The molecule has 0 saturated heterocycles. The lowest BCUT2D eigenvalue weighted by molar-refractivity contribution is 1.33. The number of benzene rings is 8. The number of fused-ring (bicyclic) bond motifs is 9. The molecule has 0 atom stereocenters.